The Morgan fingerprint density at radius 3 is 2.53 bits per heavy atom. The molecule has 1 fully saturated rings. The minimum atomic E-state index is 0.728. The molecule has 1 N–H and O–H groups in total. The fourth-order valence-electron chi connectivity index (χ4n) is 2.52. The van der Waals surface area contributed by atoms with Gasteiger partial charge in [0.05, 0.1) is 0 Å². The van der Waals surface area contributed by atoms with E-state index >= 15 is 0 Å². The summed E-state index contributed by atoms with van der Waals surface area (Å²) in [7, 11) is 2.11. The minimum absolute atomic E-state index is 0.728. The first-order valence-corrected chi connectivity index (χ1v) is 6.63. The number of hydrogen-bond donors (Lipinski definition) is 1. The first kappa shape index (κ1) is 13.0. The van der Waals surface area contributed by atoms with Crippen LogP contribution in [0.15, 0.2) is 0 Å². The Morgan fingerprint density at radius 1 is 1.20 bits per heavy atom. The highest BCUT2D eigenvalue weighted by atomic mass is 16.5. The average molecular weight is 213 g/mol. The van der Waals surface area contributed by atoms with E-state index in [1.54, 1.807) is 0 Å². The number of nitrogens with one attached hydrogen (secondary N) is 1. The molecule has 0 aromatic heterocycles. The van der Waals surface area contributed by atoms with Crippen LogP contribution in [0.25, 0.3) is 0 Å². The summed E-state index contributed by atoms with van der Waals surface area (Å²) in [5.41, 5.74) is 0. The van der Waals surface area contributed by atoms with Crippen LogP contribution >= 0.6 is 0 Å². The predicted molar refractivity (Wildman–Crippen MR) is 65.1 cm³/mol. The van der Waals surface area contributed by atoms with Gasteiger partial charge in [0.2, 0.25) is 0 Å². The first-order valence-electron chi connectivity index (χ1n) is 6.63. The van der Waals surface area contributed by atoms with Crippen LogP contribution in [0.3, 0.4) is 0 Å². The molecule has 0 radical (unpaired) electrons. The second kappa shape index (κ2) is 8.12. The van der Waals surface area contributed by atoms with Gasteiger partial charge in [-0.05, 0) is 32.2 Å². The summed E-state index contributed by atoms with van der Waals surface area (Å²) < 4.78 is 5.41. The van der Waals surface area contributed by atoms with E-state index in [0.29, 0.717) is 0 Å². The molecular weight excluding hydrogens is 186 g/mol. The molecule has 90 valence electrons. The molecule has 0 amide bonds. The second-order valence-electron chi connectivity index (χ2n) is 4.69. The van der Waals surface area contributed by atoms with Gasteiger partial charge in [-0.2, -0.15) is 0 Å². The molecule has 1 aliphatic rings. The van der Waals surface area contributed by atoms with E-state index in [4.69, 9.17) is 4.74 Å². The first-order chi connectivity index (χ1) is 7.38. The fraction of sp³-hybridized carbons (Fsp3) is 1.00. The van der Waals surface area contributed by atoms with Gasteiger partial charge >= 0.3 is 0 Å². The normalized spacial score (nSPS) is 20.4. The van der Waals surface area contributed by atoms with E-state index in [1.807, 2.05) is 0 Å². The highest BCUT2D eigenvalue weighted by Gasteiger charge is 2.21. The molecule has 15 heavy (non-hydrogen) atoms. The van der Waals surface area contributed by atoms with Crippen molar-refractivity contribution in [2.24, 2.45) is 5.92 Å². The maximum atomic E-state index is 5.41. The van der Waals surface area contributed by atoms with Crippen LogP contribution in [0.1, 0.15) is 51.9 Å². The Labute approximate surface area is 94.8 Å². The molecule has 1 rings (SSSR count). The van der Waals surface area contributed by atoms with Gasteiger partial charge in [0.1, 0.15) is 0 Å². The van der Waals surface area contributed by atoms with Crippen LogP contribution in [0.5, 0.6) is 0 Å². The summed E-state index contributed by atoms with van der Waals surface area (Å²) in [6.45, 7) is 4.21. The fourth-order valence-corrected chi connectivity index (χ4v) is 2.52. The molecule has 2 nitrogen and oxygen atoms in total. The Hall–Kier alpha value is -0.0800. The lowest BCUT2D eigenvalue weighted by Gasteiger charge is -2.30. The van der Waals surface area contributed by atoms with Crippen molar-refractivity contribution < 1.29 is 4.74 Å². The SMILES string of the molecule is CCCCCCC(NC)C1CCOCC1. The van der Waals surface area contributed by atoms with Gasteiger partial charge in [0.25, 0.3) is 0 Å². The van der Waals surface area contributed by atoms with Crippen molar-refractivity contribution in [1.82, 2.24) is 5.32 Å². The molecule has 0 aromatic rings. The summed E-state index contributed by atoms with van der Waals surface area (Å²) in [5.74, 6) is 0.852. The molecule has 0 aromatic carbocycles. The quantitative estimate of drug-likeness (QED) is 0.656. The van der Waals surface area contributed by atoms with Crippen molar-refractivity contribution in [3.05, 3.63) is 0 Å². The smallest absolute Gasteiger partial charge is 0.0469 e. The third kappa shape index (κ3) is 4.98. The molecular formula is C13H27NO. The Bertz CT molecular complexity index is 143. The van der Waals surface area contributed by atoms with Gasteiger partial charge in [-0.15, -0.1) is 0 Å². The number of hydrogen-bond acceptors (Lipinski definition) is 2. The van der Waals surface area contributed by atoms with Crippen LogP contribution in [-0.2, 0) is 4.74 Å². The summed E-state index contributed by atoms with van der Waals surface area (Å²) in [5, 5.41) is 3.49. The average Bonchev–Trinajstić information content (AvgIpc) is 2.30. The van der Waals surface area contributed by atoms with Gasteiger partial charge in [-0.3, -0.25) is 0 Å². The van der Waals surface area contributed by atoms with Crippen LogP contribution in [-0.4, -0.2) is 26.3 Å². The molecule has 0 aliphatic carbocycles. The van der Waals surface area contributed by atoms with Crippen LogP contribution in [0, 0.1) is 5.92 Å². The van der Waals surface area contributed by atoms with E-state index in [2.05, 4.69) is 19.3 Å². The molecule has 2 heteroatoms. The topological polar surface area (TPSA) is 21.3 Å². The maximum absolute atomic E-state index is 5.41. The zero-order chi connectivity index (χ0) is 10.9. The summed E-state index contributed by atoms with van der Waals surface area (Å²) in [6.07, 6.45) is 9.36. The van der Waals surface area contributed by atoms with E-state index < -0.39 is 0 Å². The predicted octanol–water partition coefficient (Wildman–Crippen LogP) is 2.97. The molecule has 0 spiro atoms. The largest absolute Gasteiger partial charge is 0.381 e. The standard InChI is InChI=1S/C13H27NO/c1-3-4-5-6-7-13(14-2)12-8-10-15-11-9-12/h12-14H,3-11H2,1-2H3. The molecule has 0 bridgehead atoms. The minimum Gasteiger partial charge on any atom is -0.381 e. The van der Waals surface area contributed by atoms with Crippen molar-refractivity contribution in [3.8, 4) is 0 Å². The number of rotatable bonds is 7. The maximum Gasteiger partial charge on any atom is 0.0469 e. The van der Waals surface area contributed by atoms with Crippen LogP contribution < -0.4 is 5.32 Å². The highest BCUT2D eigenvalue weighted by Crippen LogP contribution is 2.22. The summed E-state index contributed by atoms with van der Waals surface area (Å²) in [6, 6.07) is 0.728. The van der Waals surface area contributed by atoms with E-state index in [9.17, 15) is 0 Å². The second-order valence-corrected chi connectivity index (χ2v) is 4.69. The van der Waals surface area contributed by atoms with E-state index in [-0.39, 0.29) is 0 Å². The molecule has 1 unspecified atom stereocenters. The van der Waals surface area contributed by atoms with Crippen molar-refractivity contribution in [1.29, 1.82) is 0 Å². The van der Waals surface area contributed by atoms with Crippen molar-refractivity contribution >= 4 is 0 Å². The molecule has 1 saturated heterocycles. The van der Waals surface area contributed by atoms with Crippen molar-refractivity contribution in [3.63, 3.8) is 0 Å². The Morgan fingerprint density at radius 2 is 1.93 bits per heavy atom. The third-order valence-electron chi connectivity index (χ3n) is 3.57. The third-order valence-corrected chi connectivity index (χ3v) is 3.57. The summed E-state index contributed by atoms with van der Waals surface area (Å²) >= 11 is 0. The van der Waals surface area contributed by atoms with Gasteiger partial charge in [0, 0.05) is 19.3 Å². The van der Waals surface area contributed by atoms with E-state index in [0.717, 1.165) is 25.2 Å². The summed E-state index contributed by atoms with van der Waals surface area (Å²) in [4.78, 5) is 0. The van der Waals surface area contributed by atoms with Crippen LogP contribution in [0.4, 0.5) is 0 Å². The van der Waals surface area contributed by atoms with E-state index in [1.165, 1.54) is 44.9 Å². The highest BCUT2D eigenvalue weighted by molar-refractivity contribution is 4.77. The Balaban J connectivity index is 2.15. The number of ether oxygens (including phenoxy) is 1. The molecule has 1 aliphatic heterocycles. The molecule has 0 saturated carbocycles. The van der Waals surface area contributed by atoms with Crippen molar-refractivity contribution in [2.75, 3.05) is 20.3 Å². The van der Waals surface area contributed by atoms with Crippen molar-refractivity contribution in [2.45, 2.75) is 57.9 Å². The molecule has 1 atom stereocenters. The van der Waals surface area contributed by atoms with Gasteiger partial charge < -0.3 is 10.1 Å². The zero-order valence-electron chi connectivity index (χ0n) is 10.4. The lowest BCUT2D eigenvalue weighted by molar-refractivity contribution is 0.0533. The Kier molecular flexibility index (Phi) is 7.03. The van der Waals surface area contributed by atoms with Gasteiger partial charge in [-0.25, -0.2) is 0 Å². The molecule has 1 heterocycles. The van der Waals surface area contributed by atoms with Gasteiger partial charge in [-0.1, -0.05) is 32.6 Å². The lowest BCUT2D eigenvalue weighted by Crippen LogP contribution is -2.36. The van der Waals surface area contributed by atoms with Crippen LogP contribution in [0.2, 0.25) is 0 Å². The lowest BCUT2D eigenvalue weighted by atomic mass is 9.88. The number of unbranched alkanes of at least 4 members (excludes halogenated alkanes) is 3. The van der Waals surface area contributed by atoms with Gasteiger partial charge in [0.15, 0.2) is 0 Å². The monoisotopic (exact) mass is 213 g/mol. The zero-order valence-corrected chi connectivity index (χ0v) is 10.4.